The standard InChI is InChI=1S/C23H23ClN4O4/c1-13-5-7-16(10-18(13)24)26-23(32)25-11-14-6-8-17-15(9-14)12-28(22(17)31)19-3-2-4-20(29)27-21(19)30/h5-10,19H,2-4,11-12H2,1H3,(H2,25,26,32)(H,27,29,30). The number of carbonyl (C=O) groups is 4. The summed E-state index contributed by atoms with van der Waals surface area (Å²) in [6.07, 6.45) is 1.29. The van der Waals surface area contributed by atoms with Crippen LogP contribution >= 0.6 is 11.6 Å². The summed E-state index contributed by atoms with van der Waals surface area (Å²) in [5, 5.41) is 8.44. The fourth-order valence-electron chi connectivity index (χ4n) is 3.95. The molecule has 4 rings (SSSR count). The Balaban J connectivity index is 1.39. The van der Waals surface area contributed by atoms with E-state index in [2.05, 4.69) is 16.0 Å². The van der Waals surface area contributed by atoms with Crippen LogP contribution in [0.3, 0.4) is 0 Å². The normalized spacial score (nSPS) is 18.1. The molecule has 1 unspecified atom stereocenters. The van der Waals surface area contributed by atoms with Crippen LogP contribution in [0.4, 0.5) is 10.5 Å². The molecule has 0 bridgehead atoms. The fraction of sp³-hybridized carbons (Fsp3) is 0.304. The van der Waals surface area contributed by atoms with E-state index in [1.54, 1.807) is 24.3 Å². The van der Waals surface area contributed by atoms with Gasteiger partial charge in [0, 0.05) is 35.8 Å². The number of benzene rings is 2. The van der Waals surface area contributed by atoms with E-state index >= 15 is 0 Å². The molecule has 9 heteroatoms. The Morgan fingerprint density at radius 1 is 1.19 bits per heavy atom. The molecule has 2 heterocycles. The van der Waals surface area contributed by atoms with Crippen LogP contribution in [0.2, 0.25) is 5.02 Å². The number of hydrogen-bond donors (Lipinski definition) is 3. The number of anilines is 1. The molecule has 2 aliphatic heterocycles. The Bertz CT molecular complexity index is 1120. The molecule has 0 aromatic heterocycles. The van der Waals surface area contributed by atoms with Crippen molar-refractivity contribution in [2.75, 3.05) is 5.32 Å². The molecule has 0 aliphatic carbocycles. The van der Waals surface area contributed by atoms with E-state index in [0.29, 0.717) is 35.7 Å². The van der Waals surface area contributed by atoms with Gasteiger partial charge in [0.1, 0.15) is 6.04 Å². The van der Waals surface area contributed by atoms with Gasteiger partial charge in [-0.05, 0) is 54.7 Å². The maximum absolute atomic E-state index is 12.8. The molecule has 8 nitrogen and oxygen atoms in total. The van der Waals surface area contributed by atoms with Gasteiger partial charge in [-0.2, -0.15) is 0 Å². The monoisotopic (exact) mass is 454 g/mol. The highest BCUT2D eigenvalue weighted by Gasteiger charge is 2.37. The van der Waals surface area contributed by atoms with E-state index in [-0.39, 0.29) is 30.8 Å². The smallest absolute Gasteiger partial charge is 0.319 e. The van der Waals surface area contributed by atoms with Crippen LogP contribution in [0, 0.1) is 6.92 Å². The molecule has 166 valence electrons. The number of hydrogen-bond acceptors (Lipinski definition) is 4. The zero-order chi connectivity index (χ0) is 22.8. The summed E-state index contributed by atoms with van der Waals surface area (Å²) in [6.45, 7) is 2.45. The van der Waals surface area contributed by atoms with Crippen molar-refractivity contribution in [3.8, 4) is 0 Å². The number of carbonyl (C=O) groups excluding carboxylic acids is 4. The lowest BCUT2D eigenvalue weighted by Crippen LogP contribution is -2.46. The molecule has 2 aromatic carbocycles. The Morgan fingerprint density at radius 2 is 2.00 bits per heavy atom. The minimum atomic E-state index is -0.657. The zero-order valence-corrected chi connectivity index (χ0v) is 18.3. The van der Waals surface area contributed by atoms with Crippen molar-refractivity contribution in [2.45, 2.75) is 45.3 Å². The number of nitrogens with zero attached hydrogens (tertiary/aromatic N) is 1. The minimum absolute atomic E-state index is 0.219. The third kappa shape index (κ3) is 4.60. The Labute approximate surface area is 190 Å². The van der Waals surface area contributed by atoms with Crippen molar-refractivity contribution in [1.29, 1.82) is 0 Å². The highest BCUT2D eigenvalue weighted by molar-refractivity contribution is 6.31. The molecular weight excluding hydrogens is 432 g/mol. The van der Waals surface area contributed by atoms with Crippen LogP contribution in [0.1, 0.15) is 46.3 Å². The predicted octanol–water partition coefficient (Wildman–Crippen LogP) is 3.12. The van der Waals surface area contributed by atoms with Crippen molar-refractivity contribution in [3.05, 3.63) is 63.7 Å². The predicted molar refractivity (Wildman–Crippen MR) is 119 cm³/mol. The molecule has 2 aliphatic rings. The van der Waals surface area contributed by atoms with Crippen LogP contribution in [-0.4, -0.2) is 34.7 Å². The second kappa shape index (κ2) is 9.00. The summed E-state index contributed by atoms with van der Waals surface area (Å²) in [5.41, 5.74) is 3.68. The van der Waals surface area contributed by atoms with Crippen molar-refractivity contribution >= 4 is 41.0 Å². The van der Waals surface area contributed by atoms with E-state index in [4.69, 9.17) is 11.6 Å². The first-order valence-electron chi connectivity index (χ1n) is 10.4. The summed E-state index contributed by atoms with van der Waals surface area (Å²) in [7, 11) is 0. The Kier molecular flexibility index (Phi) is 6.14. The van der Waals surface area contributed by atoms with Crippen molar-refractivity contribution < 1.29 is 19.2 Å². The van der Waals surface area contributed by atoms with Crippen molar-refractivity contribution in [1.82, 2.24) is 15.5 Å². The van der Waals surface area contributed by atoms with E-state index in [9.17, 15) is 19.2 Å². The summed E-state index contributed by atoms with van der Waals surface area (Å²) >= 11 is 6.08. The number of aryl methyl sites for hydroxylation is 1. The first-order valence-corrected chi connectivity index (χ1v) is 10.8. The molecule has 1 saturated heterocycles. The molecule has 1 fully saturated rings. The number of nitrogens with one attached hydrogen (secondary N) is 3. The Hall–Kier alpha value is -3.39. The summed E-state index contributed by atoms with van der Waals surface area (Å²) < 4.78 is 0. The van der Waals surface area contributed by atoms with Gasteiger partial charge in [-0.3, -0.25) is 19.7 Å². The largest absolute Gasteiger partial charge is 0.334 e. The van der Waals surface area contributed by atoms with Crippen LogP contribution in [0.15, 0.2) is 36.4 Å². The summed E-state index contributed by atoms with van der Waals surface area (Å²) in [6, 6.07) is 9.60. The maximum atomic E-state index is 12.8. The number of rotatable bonds is 4. The van der Waals surface area contributed by atoms with Gasteiger partial charge in [0.15, 0.2) is 0 Å². The molecule has 2 aromatic rings. The average molecular weight is 455 g/mol. The van der Waals surface area contributed by atoms with E-state index < -0.39 is 11.9 Å². The number of urea groups is 1. The zero-order valence-electron chi connectivity index (χ0n) is 17.5. The van der Waals surface area contributed by atoms with Gasteiger partial charge < -0.3 is 15.5 Å². The number of amides is 5. The molecule has 0 saturated carbocycles. The second-order valence-electron chi connectivity index (χ2n) is 8.02. The summed E-state index contributed by atoms with van der Waals surface area (Å²) in [5.74, 6) is -0.951. The first-order chi connectivity index (χ1) is 15.3. The van der Waals surface area contributed by atoms with Gasteiger partial charge in [0.2, 0.25) is 11.8 Å². The van der Waals surface area contributed by atoms with E-state index in [1.807, 2.05) is 19.1 Å². The van der Waals surface area contributed by atoms with Gasteiger partial charge in [0.05, 0.1) is 0 Å². The molecular formula is C23H23ClN4O4. The van der Waals surface area contributed by atoms with Gasteiger partial charge in [-0.25, -0.2) is 4.79 Å². The quantitative estimate of drug-likeness (QED) is 0.617. The molecule has 5 amide bonds. The third-order valence-electron chi connectivity index (χ3n) is 5.71. The maximum Gasteiger partial charge on any atom is 0.319 e. The first kappa shape index (κ1) is 21.8. The number of imide groups is 1. The lowest BCUT2D eigenvalue weighted by atomic mass is 10.1. The van der Waals surface area contributed by atoms with E-state index in [0.717, 1.165) is 16.7 Å². The second-order valence-corrected chi connectivity index (χ2v) is 8.42. The molecule has 0 spiro atoms. The van der Waals surface area contributed by atoms with E-state index in [1.165, 1.54) is 4.90 Å². The lowest BCUT2D eigenvalue weighted by molar-refractivity contribution is -0.132. The number of halogens is 1. The SMILES string of the molecule is Cc1ccc(NC(=O)NCc2ccc3c(c2)CN(C2CCCC(=O)NC2=O)C3=O)cc1Cl. The van der Waals surface area contributed by atoms with Gasteiger partial charge in [0.25, 0.3) is 5.91 Å². The van der Waals surface area contributed by atoms with Crippen molar-refractivity contribution in [3.63, 3.8) is 0 Å². The molecule has 3 N–H and O–H groups in total. The number of fused-ring (bicyclic) bond motifs is 1. The molecule has 1 atom stereocenters. The average Bonchev–Trinajstić information content (AvgIpc) is 2.97. The van der Waals surface area contributed by atoms with Gasteiger partial charge in [-0.1, -0.05) is 29.8 Å². The van der Waals surface area contributed by atoms with Crippen LogP contribution in [0.25, 0.3) is 0 Å². The summed E-state index contributed by atoms with van der Waals surface area (Å²) in [4.78, 5) is 50.5. The van der Waals surface area contributed by atoms with Crippen LogP contribution < -0.4 is 16.0 Å². The topological polar surface area (TPSA) is 108 Å². The highest BCUT2D eigenvalue weighted by Crippen LogP contribution is 2.28. The van der Waals surface area contributed by atoms with Gasteiger partial charge >= 0.3 is 6.03 Å². The van der Waals surface area contributed by atoms with Crippen LogP contribution in [0.5, 0.6) is 0 Å². The highest BCUT2D eigenvalue weighted by atomic mass is 35.5. The van der Waals surface area contributed by atoms with Crippen LogP contribution in [-0.2, 0) is 22.7 Å². The van der Waals surface area contributed by atoms with Gasteiger partial charge in [-0.15, -0.1) is 0 Å². The Morgan fingerprint density at radius 3 is 2.78 bits per heavy atom. The van der Waals surface area contributed by atoms with Crippen molar-refractivity contribution in [2.24, 2.45) is 0 Å². The lowest BCUT2D eigenvalue weighted by Gasteiger charge is -2.24. The molecule has 0 radical (unpaired) electrons. The fourth-order valence-corrected chi connectivity index (χ4v) is 4.13. The molecule has 32 heavy (non-hydrogen) atoms. The minimum Gasteiger partial charge on any atom is -0.334 e. The third-order valence-corrected chi connectivity index (χ3v) is 6.11.